The quantitative estimate of drug-likeness (QED) is 0.737. The Kier molecular flexibility index (Phi) is 4.21. The number of hydrogen-bond donors (Lipinski definition) is 2. The number of nitrogens with one attached hydrogen (secondary N) is 2. The SMILES string of the molecule is O=C(Cc1cccs1)Nc1nc(-c2ccc3c(c2)NC(=O)CO3)cs1. The summed E-state index contributed by atoms with van der Waals surface area (Å²) >= 11 is 2.92. The van der Waals surface area contributed by atoms with Crippen LogP contribution in [0.5, 0.6) is 5.75 Å². The molecule has 0 saturated carbocycles. The van der Waals surface area contributed by atoms with Crippen LogP contribution in [0, 0.1) is 0 Å². The van der Waals surface area contributed by atoms with Gasteiger partial charge >= 0.3 is 0 Å². The first kappa shape index (κ1) is 15.8. The zero-order valence-corrected chi connectivity index (χ0v) is 14.6. The highest BCUT2D eigenvalue weighted by Gasteiger charge is 2.17. The van der Waals surface area contributed by atoms with E-state index in [1.54, 1.807) is 17.4 Å². The molecule has 1 aliphatic rings. The third-order valence-electron chi connectivity index (χ3n) is 3.57. The van der Waals surface area contributed by atoms with Gasteiger partial charge in [0.05, 0.1) is 17.8 Å². The van der Waals surface area contributed by atoms with Crippen molar-refractivity contribution in [2.75, 3.05) is 17.2 Å². The molecule has 2 N–H and O–H groups in total. The van der Waals surface area contributed by atoms with E-state index < -0.39 is 0 Å². The Labute approximate surface area is 151 Å². The fourth-order valence-corrected chi connectivity index (χ4v) is 3.88. The van der Waals surface area contributed by atoms with Crippen molar-refractivity contribution in [3.05, 3.63) is 46.0 Å². The number of carbonyl (C=O) groups is 2. The first-order valence-electron chi connectivity index (χ1n) is 7.52. The third-order valence-corrected chi connectivity index (χ3v) is 5.21. The van der Waals surface area contributed by atoms with Crippen LogP contribution in [0.15, 0.2) is 41.1 Å². The summed E-state index contributed by atoms with van der Waals surface area (Å²) in [5.74, 6) is 0.377. The van der Waals surface area contributed by atoms with Crippen molar-refractivity contribution in [2.24, 2.45) is 0 Å². The summed E-state index contributed by atoms with van der Waals surface area (Å²) < 4.78 is 5.35. The minimum Gasteiger partial charge on any atom is -0.482 e. The average molecular weight is 371 g/mol. The highest BCUT2D eigenvalue weighted by Crippen LogP contribution is 2.33. The highest BCUT2D eigenvalue weighted by atomic mass is 32.1. The molecule has 4 rings (SSSR count). The van der Waals surface area contributed by atoms with Gasteiger partial charge in [-0.1, -0.05) is 6.07 Å². The average Bonchev–Trinajstić information content (AvgIpc) is 3.26. The van der Waals surface area contributed by atoms with Gasteiger partial charge in [-0.2, -0.15) is 0 Å². The maximum Gasteiger partial charge on any atom is 0.262 e. The molecule has 0 unspecified atom stereocenters. The summed E-state index contributed by atoms with van der Waals surface area (Å²) in [5, 5.41) is 9.96. The Morgan fingerprint density at radius 3 is 3.08 bits per heavy atom. The fourth-order valence-electron chi connectivity index (χ4n) is 2.44. The molecule has 0 saturated heterocycles. The lowest BCUT2D eigenvalue weighted by molar-refractivity contribution is -0.118. The van der Waals surface area contributed by atoms with Gasteiger partial charge in [0.25, 0.3) is 5.91 Å². The molecule has 3 aromatic rings. The van der Waals surface area contributed by atoms with Crippen molar-refractivity contribution >= 4 is 45.3 Å². The number of rotatable bonds is 4. The smallest absolute Gasteiger partial charge is 0.262 e. The Morgan fingerprint density at radius 2 is 2.24 bits per heavy atom. The topological polar surface area (TPSA) is 80.3 Å². The molecule has 0 radical (unpaired) electrons. The minimum absolute atomic E-state index is 0.0312. The van der Waals surface area contributed by atoms with Crippen LogP contribution in [-0.4, -0.2) is 23.4 Å². The van der Waals surface area contributed by atoms with E-state index in [4.69, 9.17) is 4.74 Å². The van der Waals surface area contributed by atoms with Crippen LogP contribution in [0.1, 0.15) is 4.88 Å². The maximum atomic E-state index is 12.1. The number of thiazole rings is 1. The Hall–Kier alpha value is -2.71. The second-order valence-electron chi connectivity index (χ2n) is 5.39. The Balaban J connectivity index is 1.48. The van der Waals surface area contributed by atoms with E-state index in [0.717, 1.165) is 16.1 Å². The van der Waals surface area contributed by atoms with E-state index >= 15 is 0 Å². The van der Waals surface area contributed by atoms with Crippen LogP contribution in [0.25, 0.3) is 11.3 Å². The van der Waals surface area contributed by atoms with Crippen molar-refractivity contribution in [2.45, 2.75) is 6.42 Å². The van der Waals surface area contributed by atoms with Crippen molar-refractivity contribution in [3.8, 4) is 17.0 Å². The molecule has 0 fully saturated rings. The van der Waals surface area contributed by atoms with Crippen molar-refractivity contribution in [1.82, 2.24) is 4.98 Å². The summed E-state index contributed by atoms with van der Waals surface area (Å²) in [7, 11) is 0. The molecule has 2 amide bonds. The lowest BCUT2D eigenvalue weighted by Crippen LogP contribution is -2.25. The largest absolute Gasteiger partial charge is 0.482 e. The predicted molar refractivity (Wildman–Crippen MR) is 98.3 cm³/mol. The zero-order valence-electron chi connectivity index (χ0n) is 12.9. The number of anilines is 2. The normalized spacial score (nSPS) is 12.9. The Bertz CT molecular complexity index is 935. The van der Waals surface area contributed by atoms with E-state index in [1.165, 1.54) is 11.3 Å². The van der Waals surface area contributed by atoms with Gasteiger partial charge in [0.1, 0.15) is 5.75 Å². The molecular weight excluding hydrogens is 358 g/mol. The molecule has 25 heavy (non-hydrogen) atoms. The first-order valence-corrected chi connectivity index (χ1v) is 9.28. The summed E-state index contributed by atoms with van der Waals surface area (Å²) in [6.07, 6.45) is 0.342. The number of carbonyl (C=O) groups excluding carboxylic acids is 2. The second-order valence-corrected chi connectivity index (χ2v) is 7.28. The van der Waals surface area contributed by atoms with Crippen LogP contribution in [0.4, 0.5) is 10.8 Å². The van der Waals surface area contributed by atoms with E-state index in [0.29, 0.717) is 23.0 Å². The molecule has 0 bridgehead atoms. The summed E-state index contributed by atoms with van der Waals surface area (Å²) in [5.41, 5.74) is 2.21. The van der Waals surface area contributed by atoms with Gasteiger partial charge in [-0.3, -0.25) is 9.59 Å². The van der Waals surface area contributed by atoms with Crippen LogP contribution in [0.2, 0.25) is 0 Å². The van der Waals surface area contributed by atoms with Gasteiger partial charge < -0.3 is 15.4 Å². The van der Waals surface area contributed by atoms with Crippen LogP contribution in [0.3, 0.4) is 0 Å². The van der Waals surface area contributed by atoms with Crippen LogP contribution >= 0.6 is 22.7 Å². The van der Waals surface area contributed by atoms with E-state index in [-0.39, 0.29) is 18.4 Å². The summed E-state index contributed by atoms with van der Waals surface area (Å²) in [6, 6.07) is 9.36. The molecule has 1 aliphatic heterocycles. The molecule has 1 aromatic carbocycles. The zero-order chi connectivity index (χ0) is 17.2. The van der Waals surface area contributed by atoms with Gasteiger partial charge in [0.2, 0.25) is 5.91 Å². The molecule has 6 nitrogen and oxygen atoms in total. The van der Waals surface area contributed by atoms with Crippen molar-refractivity contribution in [3.63, 3.8) is 0 Å². The summed E-state index contributed by atoms with van der Waals surface area (Å²) in [6.45, 7) is 0.0312. The highest BCUT2D eigenvalue weighted by molar-refractivity contribution is 7.14. The van der Waals surface area contributed by atoms with Gasteiger partial charge in [-0.25, -0.2) is 4.98 Å². The molecule has 8 heteroatoms. The van der Waals surface area contributed by atoms with Gasteiger partial charge in [0.15, 0.2) is 11.7 Å². The van der Waals surface area contributed by atoms with Crippen molar-refractivity contribution in [1.29, 1.82) is 0 Å². The molecule has 126 valence electrons. The number of ether oxygens (including phenoxy) is 1. The first-order chi connectivity index (χ1) is 12.2. The minimum atomic E-state index is -0.176. The van der Waals surface area contributed by atoms with Crippen LogP contribution in [-0.2, 0) is 16.0 Å². The molecular formula is C17H13N3O3S2. The number of thiophene rings is 1. The molecule has 0 spiro atoms. The monoisotopic (exact) mass is 371 g/mol. The number of aromatic nitrogens is 1. The number of nitrogens with zero attached hydrogens (tertiary/aromatic N) is 1. The standard InChI is InChI=1S/C17H13N3O3S2/c21-15(7-11-2-1-5-24-11)20-17-19-13(9-25-17)10-3-4-14-12(6-10)18-16(22)8-23-14/h1-6,9H,7-8H2,(H,18,22)(H,19,20,21). The number of hydrogen-bond acceptors (Lipinski definition) is 6. The molecule has 2 aromatic heterocycles. The van der Waals surface area contributed by atoms with Gasteiger partial charge in [-0.15, -0.1) is 22.7 Å². The lowest BCUT2D eigenvalue weighted by Gasteiger charge is -2.18. The molecule has 0 aliphatic carbocycles. The number of amides is 2. The number of benzene rings is 1. The van der Waals surface area contributed by atoms with Crippen molar-refractivity contribution < 1.29 is 14.3 Å². The van der Waals surface area contributed by atoms with Gasteiger partial charge in [0, 0.05) is 15.8 Å². The second kappa shape index (κ2) is 6.66. The summed E-state index contributed by atoms with van der Waals surface area (Å²) in [4.78, 5) is 29.0. The fraction of sp³-hybridized carbons (Fsp3) is 0.118. The number of fused-ring (bicyclic) bond motifs is 1. The third kappa shape index (κ3) is 3.54. The maximum absolute atomic E-state index is 12.1. The van der Waals surface area contributed by atoms with E-state index in [9.17, 15) is 9.59 Å². The van der Waals surface area contributed by atoms with Gasteiger partial charge in [-0.05, 0) is 29.6 Å². The molecule has 3 heterocycles. The predicted octanol–water partition coefficient (Wildman–Crippen LogP) is 3.38. The molecule has 0 atom stereocenters. The van der Waals surface area contributed by atoms with E-state index in [1.807, 2.05) is 35.0 Å². The van der Waals surface area contributed by atoms with Crippen LogP contribution < -0.4 is 15.4 Å². The Morgan fingerprint density at radius 1 is 1.32 bits per heavy atom. The lowest BCUT2D eigenvalue weighted by atomic mass is 10.1. The van der Waals surface area contributed by atoms with E-state index in [2.05, 4.69) is 15.6 Å².